The largest absolute Gasteiger partial charge is 0.384 e. The number of aromatic nitrogens is 4. The number of amides is 1. The zero-order valence-electron chi connectivity index (χ0n) is 11.6. The van der Waals surface area contributed by atoms with E-state index in [4.69, 9.17) is 5.73 Å². The molecule has 2 heterocycles. The van der Waals surface area contributed by atoms with Crippen molar-refractivity contribution in [2.45, 2.75) is 32.9 Å². The molecule has 2 aromatic rings. The molecule has 2 rings (SSSR count). The predicted molar refractivity (Wildman–Crippen MR) is 74.8 cm³/mol. The maximum absolute atomic E-state index is 12.1. The van der Waals surface area contributed by atoms with Crippen LogP contribution in [-0.4, -0.2) is 25.7 Å². The summed E-state index contributed by atoms with van der Waals surface area (Å²) in [4.78, 5) is 16.1. The molecule has 0 spiro atoms. The van der Waals surface area contributed by atoms with E-state index in [-0.39, 0.29) is 11.9 Å². The van der Waals surface area contributed by atoms with Gasteiger partial charge >= 0.3 is 0 Å². The number of nitrogens with one attached hydrogen (secondary N) is 1. The van der Waals surface area contributed by atoms with Crippen LogP contribution in [0.25, 0.3) is 0 Å². The number of carbonyl (C=O) groups is 1. The van der Waals surface area contributed by atoms with Crippen LogP contribution in [0.5, 0.6) is 0 Å². The van der Waals surface area contributed by atoms with Crippen molar-refractivity contribution >= 4 is 11.7 Å². The lowest BCUT2D eigenvalue weighted by atomic mass is 10.2. The second-order valence-corrected chi connectivity index (χ2v) is 4.53. The predicted octanol–water partition coefficient (Wildman–Crippen LogP) is 1.16. The second-order valence-electron chi connectivity index (χ2n) is 4.53. The second kappa shape index (κ2) is 6.14. The van der Waals surface area contributed by atoms with Crippen molar-refractivity contribution in [3.05, 3.63) is 36.0 Å². The van der Waals surface area contributed by atoms with Gasteiger partial charge in [0.2, 0.25) is 0 Å². The molecule has 0 fully saturated rings. The van der Waals surface area contributed by atoms with Crippen molar-refractivity contribution in [1.29, 1.82) is 0 Å². The molecule has 0 aliphatic rings. The van der Waals surface area contributed by atoms with Crippen molar-refractivity contribution in [3.8, 4) is 0 Å². The van der Waals surface area contributed by atoms with Crippen LogP contribution in [0.1, 0.15) is 42.6 Å². The van der Waals surface area contributed by atoms with Gasteiger partial charge in [0.25, 0.3) is 5.91 Å². The van der Waals surface area contributed by atoms with Gasteiger partial charge in [-0.3, -0.25) is 4.79 Å². The SMILES string of the molecule is CCCn1cnnc1[C@H](C)NC(=O)c1cccc(N)n1. The molecule has 0 bridgehead atoms. The number of anilines is 1. The lowest BCUT2D eigenvalue weighted by molar-refractivity contribution is 0.0932. The van der Waals surface area contributed by atoms with Gasteiger partial charge in [-0.1, -0.05) is 13.0 Å². The molecule has 7 heteroatoms. The van der Waals surface area contributed by atoms with Gasteiger partial charge in [-0.25, -0.2) is 4.98 Å². The summed E-state index contributed by atoms with van der Waals surface area (Å²) in [5.74, 6) is 0.763. The van der Waals surface area contributed by atoms with E-state index in [0.29, 0.717) is 11.5 Å². The summed E-state index contributed by atoms with van der Waals surface area (Å²) in [7, 11) is 0. The van der Waals surface area contributed by atoms with Crippen molar-refractivity contribution < 1.29 is 4.79 Å². The number of pyridine rings is 1. The zero-order chi connectivity index (χ0) is 14.5. The van der Waals surface area contributed by atoms with Gasteiger partial charge in [-0.05, 0) is 25.5 Å². The quantitative estimate of drug-likeness (QED) is 0.852. The molecule has 0 aromatic carbocycles. The summed E-state index contributed by atoms with van der Waals surface area (Å²) in [5.41, 5.74) is 5.86. The fraction of sp³-hybridized carbons (Fsp3) is 0.385. The molecule has 0 saturated heterocycles. The van der Waals surface area contributed by atoms with Crippen molar-refractivity contribution in [1.82, 2.24) is 25.1 Å². The third-order valence-electron chi connectivity index (χ3n) is 2.85. The number of nitrogens with zero attached hydrogens (tertiary/aromatic N) is 4. The molecule has 3 N–H and O–H groups in total. The van der Waals surface area contributed by atoms with Crippen LogP contribution in [0.4, 0.5) is 5.82 Å². The molecule has 0 aliphatic carbocycles. The minimum atomic E-state index is -0.282. The number of aryl methyl sites for hydroxylation is 1. The lowest BCUT2D eigenvalue weighted by Gasteiger charge is -2.14. The van der Waals surface area contributed by atoms with Crippen LogP contribution >= 0.6 is 0 Å². The Balaban J connectivity index is 2.09. The smallest absolute Gasteiger partial charge is 0.270 e. The Kier molecular flexibility index (Phi) is 4.29. The van der Waals surface area contributed by atoms with Crippen molar-refractivity contribution in [2.75, 3.05) is 5.73 Å². The van der Waals surface area contributed by atoms with Gasteiger partial charge in [0, 0.05) is 6.54 Å². The van der Waals surface area contributed by atoms with Crippen LogP contribution in [0.3, 0.4) is 0 Å². The van der Waals surface area contributed by atoms with Gasteiger partial charge in [0.05, 0.1) is 6.04 Å². The molecule has 1 amide bonds. The molecule has 7 nitrogen and oxygen atoms in total. The van der Waals surface area contributed by atoms with Crippen molar-refractivity contribution in [2.24, 2.45) is 0 Å². The summed E-state index contributed by atoms with van der Waals surface area (Å²) >= 11 is 0. The van der Waals surface area contributed by atoms with Gasteiger partial charge in [0.1, 0.15) is 17.8 Å². The van der Waals surface area contributed by atoms with Crippen LogP contribution in [0, 0.1) is 0 Å². The Hall–Kier alpha value is -2.44. The van der Waals surface area contributed by atoms with E-state index in [9.17, 15) is 4.79 Å². The van der Waals surface area contributed by atoms with E-state index in [1.807, 2.05) is 11.5 Å². The Morgan fingerprint density at radius 2 is 2.30 bits per heavy atom. The molecule has 20 heavy (non-hydrogen) atoms. The number of nitrogen functional groups attached to an aromatic ring is 1. The number of carbonyl (C=O) groups excluding carboxylic acids is 1. The average molecular weight is 274 g/mol. The van der Waals surface area contributed by atoms with E-state index in [0.717, 1.165) is 18.8 Å². The highest BCUT2D eigenvalue weighted by Crippen LogP contribution is 2.10. The topological polar surface area (TPSA) is 98.7 Å². The number of hydrogen-bond acceptors (Lipinski definition) is 5. The van der Waals surface area contributed by atoms with Gasteiger partial charge in [0.15, 0.2) is 5.82 Å². The summed E-state index contributed by atoms with van der Waals surface area (Å²) in [6.45, 7) is 4.75. The first kappa shape index (κ1) is 14.0. The number of nitrogens with two attached hydrogens (primary N) is 1. The van der Waals surface area contributed by atoms with Crippen LogP contribution < -0.4 is 11.1 Å². The highest BCUT2D eigenvalue weighted by atomic mass is 16.1. The molecule has 0 saturated carbocycles. The average Bonchev–Trinajstić information content (AvgIpc) is 2.87. The fourth-order valence-corrected chi connectivity index (χ4v) is 1.93. The molecule has 106 valence electrons. The van der Waals surface area contributed by atoms with E-state index < -0.39 is 0 Å². The van der Waals surface area contributed by atoms with E-state index in [1.165, 1.54) is 0 Å². The highest BCUT2D eigenvalue weighted by molar-refractivity contribution is 5.92. The molecule has 1 atom stereocenters. The molecule has 0 aliphatic heterocycles. The Morgan fingerprint density at radius 3 is 3.00 bits per heavy atom. The zero-order valence-corrected chi connectivity index (χ0v) is 11.6. The molecule has 2 aromatic heterocycles. The summed E-state index contributed by atoms with van der Waals surface area (Å²) < 4.78 is 1.93. The Morgan fingerprint density at radius 1 is 1.50 bits per heavy atom. The van der Waals surface area contributed by atoms with E-state index >= 15 is 0 Å². The molecule has 0 radical (unpaired) electrons. The van der Waals surface area contributed by atoms with Crippen LogP contribution in [-0.2, 0) is 6.54 Å². The van der Waals surface area contributed by atoms with Gasteiger partial charge < -0.3 is 15.6 Å². The van der Waals surface area contributed by atoms with Crippen LogP contribution in [0.2, 0.25) is 0 Å². The van der Waals surface area contributed by atoms with Gasteiger partial charge in [-0.15, -0.1) is 10.2 Å². The minimum absolute atomic E-state index is 0.250. The standard InChI is InChI=1S/C13H18N6O/c1-3-7-19-8-15-18-12(19)9(2)16-13(20)10-5-4-6-11(14)17-10/h4-6,8-9H,3,7H2,1-2H3,(H2,14,17)(H,16,20)/t9-/m0/s1. The molecule has 0 unspecified atom stereocenters. The van der Waals surface area contributed by atoms with Crippen LogP contribution in [0.15, 0.2) is 24.5 Å². The summed E-state index contributed by atoms with van der Waals surface area (Å²) in [5, 5.41) is 10.8. The first-order chi connectivity index (χ1) is 9.61. The monoisotopic (exact) mass is 274 g/mol. The fourth-order valence-electron chi connectivity index (χ4n) is 1.93. The first-order valence-corrected chi connectivity index (χ1v) is 6.53. The summed E-state index contributed by atoms with van der Waals surface area (Å²) in [6.07, 6.45) is 2.64. The highest BCUT2D eigenvalue weighted by Gasteiger charge is 2.17. The third kappa shape index (κ3) is 3.11. The molecular weight excluding hydrogens is 256 g/mol. The van der Waals surface area contributed by atoms with E-state index in [2.05, 4.69) is 27.4 Å². The summed E-state index contributed by atoms with van der Waals surface area (Å²) in [6, 6.07) is 4.70. The maximum Gasteiger partial charge on any atom is 0.270 e. The lowest BCUT2D eigenvalue weighted by Crippen LogP contribution is -2.29. The maximum atomic E-state index is 12.1. The first-order valence-electron chi connectivity index (χ1n) is 6.53. The molecular formula is C13H18N6O. The Bertz CT molecular complexity index is 594. The minimum Gasteiger partial charge on any atom is -0.384 e. The number of hydrogen-bond donors (Lipinski definition) is 2. The van der Waals surface area contributed by atoms with E-state index in [1.54, 1.807) is 24.5 Å². The number of rotatable bonds is 5. The van der Waals surface area contributed by atoms with Crippen molar-refractivity contribution in [3.63, 3.8) is 0 Å². The Labute approximate surface area is 117 Å². The van der Waals surface area contributed by atoms with Gasteiger partial charge in [-0.2, -0.15) is 0 Å². The third-order valence-corrected chi connectivity index (χ3v) is 2.85. The normalized spacial score (nSPS) is 12.1.